The van der Waals surface area contributed by atoms with Crippen molar-refractivity contribution in [3.05, 3.63) is 29.8 Å². The van der Waals surface area contributed by atoms with Crippen LogP contribution in [-0.4, -0.2) is 48.2 Å². The molecule has 29 heavy (non-hydrogen) atoms. The first kappa shape index (κ1) is 22.9. The number of carbonyl (C=O) groups is 3. The highest BCUT2D eigenvalue weighted by Gasteiger charge is 2.28. The third kappa shape index (κ3) is 6.87. The minimum Gasteiger partial charge on any atom is -0.494 e. The van der Waals surface area contributed by atoms with Crippen LogP contribution in [0.5, 0.6) is 5.75 Å². The highest BCUT2D eigenvalue weighted by Crippen LogP contribution is 2.20. The average molecular weight is 403 g/mol. The van der Waals surface area contributed by atoms with E-state index in [4.69, 9.17) is 4.74 Å². The molecule has 1 aliphatic rings. The lowest BCUT2D eigenvalue weighted by atomic mass is 9.94. The number of carbonyl (C=O) groups excluding carboxylic acids is 3. The molecule has 1 N–H and O–H groups in total. The van der Waals surface area contributed by atoms with Gasteiger partial charge >= 0.3 is 0 Å². The van der Waals surface area contributed by atoms with Crippen LogP contribution in [0.25, 0.3) is 0 Å². The maximum Gasteiger partial charge on any atom is 0.223 e. The highest BCUT2D eigenvalue weighted by molar-refractivity contribution is 5.98. The lowest BCUT2D eigenvalue weighted by Gasteiger charge is -2.32. The maximum absolute atomic E-state index is 12.5. The molecule has 0 aliphatic carbocycles. The molecule has 1 fully saturated rings. The average Bonchev–Trinajstić information content (AvgIpc) is 2.72. The Bertz CT molecular complexity index is 691. The van der Waals surface area contributed by atoms with Crippen molar-refractivity contribution in [1.29, 1.82) is 0 Å². The number of nitrogens with zero attached hydrogens (tertiary/aromatic N) is 1. The summed E-state index contributed by atoms with van der Waals surface area (Å²) >= 11 is 0. The fourth-order valence-corrected chi connectivity index (χ4v) is 3.33. The second-order valence-electron chi connectivity index (χ2n) is 8.08. The molecule has 6 heteroatoms. The third-order valence-electron chi connectivity index (χ3n) is 5.64. The van der Waals surface area contributed by atoms with Crippen molar-refractivity contribution >= 4 is 17.6 Å². The summed E-state index contributed by atoms with van der Waals surface area (Å²) in [6.45, 7) is 9.82. The van der Waals surface area contributed by atoms with E-state index in [1.165, 1.54) is 0 Å². The van der Waals surface area contributed by atoms with Crippen LogP contribution in [-0.2, 0) is 9.59 Å². The minimum absolute atomic E-state index is 0.0151. The van der Waals surface area contributed by atoms with Gasteiger partial charge in [0, 0.05) is 43.5 Å². The number of piperidine rings is 1. The Morgan fingerprint density at radius 2 is 1.69 bits per heavy atom. The van der Waals surface area contributed by atoms with Crippen molar-refractivity contribution in [2.45, 2.75) is 59.4 Å². The van der Waals surface area contributed by atoms with Gasteiger partial charge in [0.15, 0.2) is 5.78 Å². The van der Waals surface area contributed by atoms with Gasteiger partial charge in [-0.3, -0.25) is 14.4 Å². The summed E-state index contributed by atoms with van der Waals surface area (Å²) in [6.07, 6.45) is 1.75. The van der Waals surface area contributed by atoms with Crippen LogP contribution >= 0.6 is 0 Å². The molecule has 1 aromatic carbocycles. The molecule has 0 spiro atoms. The molecule has 0 bridgehead atoms. The molecule has 160 valence electrons. The molecule has 1 aromatic rings. The van der Waals surface area contributed by atoms with Crippen molar-refractivity contribution in [2.24, 2.45) is 11.8 Å². The molecular weight excluding hydrogens is 368 g/mol. The smallest absolute Gasteiger partial charge is 0.223 e. The highest BCUT2D eigenvalue weighted by atomic mass is 16.5. The molecule has 0 saturated carbocycles. The van der Waals surface area contributed by atoms with Crippen LogP contribution in [0.4, 0.5) is 0 Å². The molecule has 1 unspecified atom stereocenters. The number of rotatable bonds is 9. The first-order chi connectivity index (χ1) is 13.8. The van der Waals surface area contributed by atoms with Gasteiger partial charge < -0.3 is 15.0 Å². The van der Waals surface area contributed by atoms with Gasteiger partial charge in [-0.2, -0.15) is 0 Å². The predicted molar refractivity (Wildman–Crippen MR) is 113 cm³/mol. The fraction of sp³-hybridized carbons (Fsp3) is 0.609. The van der Waals surface area contributed by atoms with Crippen LogP contribution in [0, 0.1) is 11.8 Å². The number of hydrogen-bond acceptors (Lipinski definition) is 4. The summed E-state index contributed by atoms with van der Waals surface area (Å²) in [4.78, 5) is 38.9. The van der Waals surface area contributed by atoms with Crippen LogP contribution in [0.3, 0.4) is 0 Å². The van der Waals surface area contributed by atoms with Gasteiger partial charge in [0.25, 0.3) is 0 Å². The molecule has 2 amide bonds. The number of Topliss-reactive ketones (excluding diaryl/α,β-unsaturated/α-hetero) is 1. The molecule has 2 rings (SSSR count). The lowest BCUT2D eigenvalue weighted by Crippen LogP contribution is -2.45. The van der Waals surface area contributed by atoms with E-state index < -0.39 is 0 Å². The standard InChI is InChI=1S/C23H34N2O4/c1-5-29-20-8-6-18(7-9-20)21(26)10-11-22(27)25-14-12-19(13-15-25)23(28)24-17(4)16(2)3/h6-9,16-17,19H,5,10-15H2,1-4H3,(H,24,28). The van der Waals surface area contributed by atoms with Crippen molar-refractivity contribution in [3.63, 3.8) is 0 Å². The Morgan fingerprint density at radius 1 is 1.07 bits per heavy atom. The monoisotopic (exact) mass is 402 g/mol. The molecule has 6 nitrogen and oxygen atoms in total. The predicted octanol–water partition coefficient (Wildman–Crippen LogP) is 3.45. The topological polar surface area (TPSA) is 75.7 Å². The maximum atomic E-state index is 12.5. The van der Waals surface area contributed by atoms with E-state index >= 15 is 0 Å². The van der Waals surface area contributed by atoms with Crippen LogP contribution in [0.15, 0.2) is 24.3 Å². The molecule has 1 saturated heterocycles. The van der Waals surface area contributed by atoms with Gasteiger partial charge in [0.2, 0.25) is 11.8 Å². The van der Waals surface area contributed by atoms with E-state index in [1.807, 2.05) is 13.8 Å². The Labute approximate surface area is 174 Å². The number of hydrogen-bond donors (Lipinski definition) is 1. The zero-order valence-corrected chi connectivity index (χ0v) is 18.1. The van der Waals surface area contributed by atoms with E-state index in [-0.39, 0.29) is 42.4 Å². The minimum atomic E-state index is -0.0432. The Kier molecular flexibility index (Phi) is 8.68. The summed E-state index contributed by atoms with van der Waals surface area (Å²) in [6, 6.07) is 7.17. The molecule has 1 aliphatic heterocycles. The zero-order chi connectivity index (χ0) is 21.4. The number of ketones is 1. The molecular formula is C23H34N2O4. The number of ether oxygens (including phenoxy) is 1. The Hall–Kier alpha value is -2.37. The van der Waals surface area contributed by atoms with E-state index in [1.54, 1.807) is 29.2 Å². The zero-order valence-electron chi connectivity index (χ0n) is 18.1. The van der Waals surface area contributed by atoms with Crippen molar-refractivity contribution in [1.82, 2.24) is 10.2 Å². The van der Waals surface area contributed by atoms with Crippen LogP contribution in [0.2, 0.25) is 0 Å². The van der Waals surface area contributed by atoms with Gasteiger partial charge in [-0.15, -0.1) is 0 Å². The van der Waals surface area contributed by atoms with Crippen LogP contribution < -0.4 is 10.1 Å². The van der Waals surface area contributed by atoms with E-state index in [2.05, 4.69) is 19.2 Å². The van der Waals surface area contributed by atoms with E-state index in [9.17, 15) is 14.4 Å². The number of amides is 2. The lowest BCUT2D eigenvalue weighted by molar-refractivity contribution is -0.135. The van der Waals surface area contributed by atoms with Crippen molar-refractivity contribution in [3.8, 4) is 5.75 Å². The SMILES string of the molecule is CCOc1ccc(C(=O)CCC(=O)N2CCC(C(=O)NC(C)C(C)C)CC2)cc1. The number of nitrogens with one attached hydrogen (secondary N) is 1. The first-order valence-corrected chi connectivity index (χ1v) is 10.7. The number of likely N-dealkylation sites (tertiary alicyclic amines) is 1. The largest absolute Gasteiger partial charge is 0.494 e. The van der Waals surface area contributed by atoms with Gasteiger partial charge in [-0.1, -0.05) is 13.8 Å². The van der Waals surface area contributed by atoms with Gasteiger partial charge in [-0.25, -0.2) is 0 Å². The summed E-state index contributed by atoms with van der Waals surface area (Å²) < 4.78 is 5.38. The van der Waals surface area contributed by atoms with Crippen LogP contribution in [0.1, 0.15) is 63.7 Å². The second kappa shape index (κ2) is 11.0. The van der Waals surface area contributed by atoms with Crippen molar-refractivity contribution < 1.29 is 19.1 Å². The Balaban J connectivity index is 1.75. The normalized spacial score (nSPS) is 15.8. The number of benzene rings is 1. The molecule has 0 aromatic heterocycles. The molecule has 1 heterocycles. The summed E-state index contributed by atoms with van der Waals surface area (Å²) in [5, 5.41) is 3.07. The summed E-state index contributed by atoms with van der Waals surface area (Å²) in [5.74, 6) is 1.12. The second-order valence-corrected chi connectivity index (χ2v) is 8.08. The Morgan fingerprint density at radius 3 is 2.24 bits per heavy atom. The summed E-state index contributed by atoms with van der Waals surface area (Å²) in [5.41, 5.74) is 0.593. The first-order valence-electron chi connectivity index (χ1n) is 10.7. The third-order valence-corrected chi connectivity index (χ3v) is 5.64. The van der Waals surface area contributed by atoms with E-state index in [0.717, 1.165) is 5.75 Å². The van der Waals surface area contributed by atoms with Gasteiger partial charge in [0.1, 0.15) is 5.75 Å². The van der Waals surface area contributed by atoms with Gasteiger partial charge in [0.05, 0.1) is 6.61 Å². The van der Waals surface area contributed by atoms with E-state index in [0.29, 0.717) is 44.0 Å². The fourth-order valence-electron chi connectivity index (χ4n) is 3.33. The molecule has 1 atom stereocenters. The van der Waals surface area contributed by atoms with Gasteiger partial charge in [-0.05, 0) is 56.9 Å². The van der Waals surface area contributed by atoms with Crippen molar-refractivity contribution in [2.75, 3.05) is 19.7 Å². The quantitative estimate of drug-likeness (QED) is 0.642. The summed E-state index contributed by atoms with van der Waals surface area (Å²) in [7, 11) is 0. The molecule has 0 radical (unpaired) electrons.